The van der Waals surface area contributed by atoms with Crippen molar-refractivity contribution in [2.45, 2.75) is 361 Å². The third-order valence-electron chi connectivity index (χ3n) is 15.2. The van der Waals surface area contributed by atoms with Crippen molar-refractivity contribution in [3.63, 3.8) is 0 Å². The molecule has 0 rings (SSSR count). The van der Waals surface area contributed by atoms with E-state index in [1.54, 1.807) is 0 Å². The van der Waals surface area contributed by atoms with Gasteiger partial charge in [0, 0.05) is 19.3 Å². The van der Waals surface area contributed by atoms with Gasteiger partial charge in [0.05, 0.1) is 0 Å². The van der Waals surface area contributed by atoms with Gasteiger partial charge in [-0.2, -0.15) is 0 Å². The van der Waals surface area contributed by atoms with Crippen LogP contribution in [0.2, 0.25) is 0 Å². The standard InChI is InChI=1S/C73H130O6/c1-4-7-10-13-16-19-22-25-28-31-34-36-37-38-40-42-45-48-51-54-57-60-63-66-72(75)78-69-70(68-77-71(74)65-62-59-56-53-50-47-44-41-33-30-27-24-21-18-15-12-9-6-3)79-73(76)67-64-61-58-55-52-49-46-43-39-35-32-29-26-23-20-17-14-11-8-5-2/h7,10,16,19,25,28,34,36,38,40,45,48,70H,4-6,8-9,11-15,17-18,20-24,26-27,29-33,35,37,39,41-44,46-47,49-69H2,1-3H3/b10-7-,19-16-,28-25-,36-34-,40-38-,48-45-. The first-order valence-corrected chi connectivity index (χ1v) is 34.4. The number of ether oxygens (including phenoxy) is 3. The Balaban J connectivity index is 4.39. The Bertz CT molecular complexity index is 1450. The Hall–Kier alpha value is -3.15. The van der Waals surface area contributed by atoms with Gasteiger partial charge in [0.25, 0.3) is 0 Å². The molecule has 0 radical (unpaired) electrons. The molecule has 0 bridgehead atoms. The summed E-state index contributed by atoms with van der Waals surface area (Å²) in [5.74, 6) is -0.880. The highest BCUT2D eigenvalue weighted by Crippen LogP contribution is 2.18. The lowest BCUT2D eigenvalue weighted by Crippen LogP contribution is -2.30. The van der Waals surface area contributed by atoms with Crippen LogP contribution in [-0.4, -0.2) is 37.2 Å². The summed E-state index contributed by atoms with van der Waals surface area (Å²) in [5.41, 5.74) is 0. The monoisotopic (exact) mass is 1100 g/mol. The van der Waals surface area contributed by atoms with E-state index in [4.69, 9.17) is 14.2 Å². The minimum absolute atomic E-state index is 0.0786. The van der Waals surface area contributed by atoms with E-state index in [0.717, 1.165) is 109 Å². The van der Waals surface area contributed by atoms with Crippen LogP contribution in [-0.2, 0) is 28.6 Å². The molecule has 0 aliphatic rings. The molecule has 0 spiro atoms. The van der Waals surface area contributed by atoms with Crippen LogP contribution in [0.3, 0.4) is 0 Å². The lowest BCUT2D eigenvalue weighted by atomic mass is 10.0. The van der Waals surface area contributed by atoms with Gasteiger partial charge in [0.1, 0.15) is 13.2 Å². The van der Waals surface area contributed by atoms with E-state index in [9.17, 15) is 14.4 Å². The van der Waals surface area contributed by atoms with Crippen LogP contribution in [0.4, 0.5) is 0 Å². The predicted octanol–water partition coefficient (Wildman–Crippen LogP) is 23.7. The maximum absolute atomic E-state index is 13.0. The third-order valence-corrected chi connectivity index (χ3v) is 15.2. The largest absolute Gasteiger partial charge is 0.462 e. The highest BCUT2D eigenvalue weighted by molar-refractivity contribution is 5.71. The van der Waals surface area contributed by atoms with Crippen molar-refractivity contribution in [2.24, 2.45) is 0 Å². The van der Waals surface area contributed by atoms with Crippen molar-refractivity contribution < 1.29 is 28.6 Å². The minimum atomic E-state index is -0.785. The number of rotatable bonds is 63. The molecule has 0 aromatic rings. The smallest absolute Gasteiger partial charge is 0.306 e. The predicted molar refractivity (Wildman–Crippen MR) is 344 cm³/mol. The van der Waals surface area contributed by atoms with Crippen LogP contribution >= 0.6 is 0 Å². The van der Waals surface area contributed by atoms with Crippen molar-refractivity contribution in [2.75, 3.05) is 13.2 Å². The quantitative estimate of drug-likeness (QED) is 0.0261. The van der Waals surface area contributed by atoms with Crippen molar-refractivity contribution in [3.05, 3.63) is 72.9 Å². The molecule has 1 atom stereocenters. The molecule has 0 heterocycles. The highest BCUT2D eigenvalue weighted by Gasteiger charge is 2.19. The zero-order chi connectivity index (χ0) is 57.1. The molecule has 79 heavy (non-hydrogen) atoms. The number of hydrogen-bond donors (Lipinski definition) is 0. The third kappa shape index (κ3) is 65.5. The minimum Gasteiger partial charge on any atom is -0.462 e. The molecular formula is C73H130O6. The molecule has 0 aromatic heterocycles. The van der Waals surface area contributed by atoms with E-state index in [0.29, 0.717) is 19.3 Å². The number of carbonyl (C=O) groups excluding carboxylic acids is 3. The summed E-state index contributed by atoms with van der Waals surface area (Å²) in [5, 5.41) is 0. The van der Waals surface area contributed by atoms with E-state index in [1.807, 2.05) is 0 Å². The van der Waals surface area contributed by atoms with E-state index in [2.05, 4.69) is 93.7 Å². The van der Waals surface area contributed by atoms with Crippen molar-refractivity contribution in [1.82, 2.24) is 0 Å². The second kappa shape index (κ2) is 67.4. The van der Waals surface area contributed by atoms with Crippen LogP contribution in [0.15, 0.2) is 72.9 Å². The molecule has 6 nitrogen and oxygen atoms in total. The molecule has 0 aliphatic heterocycles. The molecular weight excluding hydrogens is 973 g/mol. The van der Waals surface area contributed by atoms with Gasteiger partial charge in [-0.3, -0.25) is 14.4 Å². The average molecular weight is 1100 g/mol. The van der Waals surface area contributed by atoms with Gasteiger partial charge in [0.2, 0.25) is 0 Å². The number of carbonyl (C=O) groups is 3. The van der Waals surface area contributed by atoms with Crippen LogP contribution in [0.25, 0.3) is 0 Å². The molecule has 6 heteroatoms. The Kier molecular flexibility index (Phi) is 64.7. The molecule has 0 N–H and O–H groups in total. The molecule has 0 saturated carbocycles. The number of hydrogen-bond acceptors (Lipinski definition) is 6. The van der Waals surface area contributed by atoms with Crippen molar-refractivity contribution in [1.29, 1.82) is 0 Å². The van der Waals surface area contributed by atoms with E-state index in [1.165, 1.54) is 205 Å². The maximum Gasteiger partial charge on any atom is 0.306 e. The second-order valence-corrected chi connectivity index (χ2v) is 23.1. The Morgan fingerprint density at radius 1 is 0.266 bits per heavy atom. The fraction of sp³-hybridized carbons (Fsp3) is 0.795. The first-order chi connectivity index (χ1) is 39.0. The lowest BCUT2D eigenvalue weighted by molar-refractivity contribution is -0.167. The average Bonchev–Trinajstić information content (AvgIpc) is 3.45. The fourth-order valence-electron chi connectivity index (χ4n) is 10.1. The van der Waals surface area contributed by atoms with Gasteiger partial charge in [-0.15, -0.1) is 0 Å². The summed E-state index contributed by atoms with van der Waals surface area (Å²) in [6.07, 6.45) is 87.7. The zero-order valence-corrected chi connectivity index (χ0v) is 52.6. The Morgan fingerprint density at radius 3 is 0.772 bits per heavy atom. The first kappa shape index (κ1) is 75.8. The SMILES string of the molecule is CC/C=C\C/C=C\C/C=C\C/C=C\C/C=C\C/C=C\CCCCCCC(=O)OCC(COC(=O)CCCCCCCCCCCCCCCCCCCC)OC(=O)CCCCCCCCCCCCCCCCCCCCCC. The Morgan fingerprint density at radius 2 is 0.494 bits per heavy atom. The molecule has 458 valence electrons. The van der Waals surface area contributed by atoms with Crippen LogP contribution in [0.1, 0.15) is 355 Å². The Labute approximate surface area is 491 Å². The summed E-state index contributed by atoms with van der Waals surface area (Å²) in [4.78, 5) is 38.4. The summed E-state index contributed by atoms with van der Waals surface area (Å²) in [7, 11) is 0. The number of allylic oxidation sites excluding steroid dienone is 12. The van der Waals surface area contributed by atoms with E-state index < -0.39 is 6.10 Å². The van der Waals surface area contributed by atoms with Gasteiger partial charge in [-0.05, 0) is 70.6 Å². The van der Waals surface area contributed by atoms with Crippen LogP contribution < -0.4 is 0 Å². The second-order valence-electron chi connectivity index (χ2n) is 23.1. The van der Waals surface area contributed by atoms with Gasteiger partial charge >= 0.3 is 17.9 Å². The number of unbranched alkanes of at least 4 members (excludes halogenated alkanes) is 40. The van der Waals surface area contributed by atoms with Crippen LogP contribution in [0, 0.1) is 0 Å². The molecule has 0 aromatic carbocycles. The molecule has 0 amide bonds. The summed E-state index contributed by atoms with van der Waals surface area (Å²) in [6, 6.07) is 0. The van der Waals surface area contributed by atoms with Crippen molar-refractivity contribution in [3.8, 4) is 0 Å². The highest BCUT2D eigenvalue weighted by atomic mass is 16.6. The normalized spacial score (nSPS) is 12.5. The topological polar surface area (TPSA) is 78.9 Å². The van der Waals surface area contributed by atoms with Gasteiger partial charge < -0.3 is 14.2 Å². The van der Waals surface area contributed by atoms with Crippen LogP contribution in [0.5, 0.6) is 0 Å². The molecule has 1 unspecified atom stereocenters. The summed E-state index contributed by atoms with van der Waals surface area (Å²) >= 11 is 0. The van der Waals surface area contributed by atoms with Gasteiger partial charge in [0.15, 0.2) is 6.10 Å². The summed E-state index contributed by atoms with van der Waals surface area (Å²) < 4.78 is 17.0. The number of esters is 3. The van der Waals surface area contributed by atoms with E-state index >= 15 is 0 Å². The lowest BCUT2D eigenvalue weighted by Gasteiger charge is -2.18. The molecule has 0 saturated heterocycles. The molecule has 0 fully saturated rings. The zero-order valence-electron chi connectivity index (χ0n) is 52.6. The summed E-state index contributed by atoms with van der Waals surface area (Å²) in [6.45, 7) is 6.57. The maximum atomic E-state index is 13.0. The molecule has 0 aliphatic carbocycles. The van der Waals surface area contributed by atoms with E-state index in [-0.39, 0.29) is 31.1 Å². The fourth-order valence-corrected chi connectivity index (χ4v) is 10.1. The van der Waals surface area contributed by atoms with Gasteiger partial charge in [-0.25, -0.2) is 0 Å². The van der Waals surface area contributed by atoms with Gasteiger partial charge in [-0.1, -0.05) is 338 Å². The van der Waals surface area contributed by atoms with Crippen molar-refractivity contribution >= 4 is 17.9 Å². The first-order valence-electron chi connectivity index (χ1n) is 34.4.